The van der Waals surface area contributed by atoms with Crippen LogP contribution in [0.1, 0.15) is 31.7 Å². The number of benzene rings is 1. The highest BCUT2D eigenvalue weighted by Gasteiger charge is 2.36. The van der Waals surface area contributed by atoms with Gasteiger partial charge in [-0.2, -0.15) is 0 Å². The van der Waals surface area contributed by atoms with Gasteiger partial charge in [0.2, 0.25) is 0 Å². The molecule has 0 aliphatic heterocycles. The third-order valence-electron chi connectivity index (χ3n) is 4.15. The van der Waals surface area contributed by atoms with Crippen LogP contribution < -0.4 is 10.6 Å². The number of hydrogen-bond acceptors (Lipinski definition) is 2. The van der Waals surface area contributed by atoms with Gasteiger partial charge in [-0.15, -0.1) is 0 Å². The Balaban J connectivity index is 2.08. The van der Waals surface area contributed by atoms with E-state index in [1.165, 1.54) is 30.5 Å². The van der Waals surface area contributed by atoms with E-state index in [1.807, 2.05) is 0 Å². The standard InChI is InChI=1S/C15H24N2/c1-3-17(12-15(11-16)9-4-10-15)14-7-5-13(2)6-8-14/h5-8H,3-4,9-12,16H2,1-2H3. The van der Waals surface area contributed by atoms with Gasteiger partial charge >= 0.3 is 0 Å². The first kappa shape index (κ1) is 12.4. The van der Waals surface area contributed by atoms with E-state index >= 15 is 0 Å². The lowest BCUT2D eigenvalue weighted by Crippen LogP contribution is -2.47. The third-order valence-corrected chi connectivity index (χ3v) is 4.15. The van der Waals surface area contributed by atoms with Crippen molar-refractivity contribution in [3.05, 3.63) is 29.8 Å². The summed E-state index contributed by atoms with van der Waals surface area (Å²) in [5.74, 6) is 0. The minimum atomic E-state index is 0.390. The summed E-state index contributed by atoms with van der Waals surface area (Å²) in [6.45, 7) is 7.36. The van der Waals surface area contributed by atoms with Crippen molar-refractivity contribution in [3.8, 4) is 0 Å². The molecule has 17 heavy (non-hydrogen) atoms. The predicted octanol–water partition coefficient (Wildman–Crippen LogP) is 2.95. The van der Waals surface area contributed by atoms with Crippen molar-refractivity contribution < 1.29 is 0 Å². The fraction of sp³-hybridized carbons (Fsp3) is 0.600. The average Bonchev–Trinajstić information content (AvgIpc) is 2.30. The van der Waals surface area contributed by atoms with Crippen LogP contribution in [0.5, 0.6) is 0 Å². The summed E-state index contributed by atoms with van der Waals surface area (Å²) in [7, 11) is 0. The van der Waals surface area contributed by atoms with E-state index in [9.17, 15) is 0 Å². The molecule has 1 fully saturated rings. The topological polar surface area (TPSA) is 29.3 Å². The fourth-order valence-corrected chi connectivity index (χ4v) is 2.65. The van der Waals surface area contributed by atoms with Crippen molar-refractivity contribution in [2.45, 2.75) is 33.1 Å². The predicted molar refractivity (Wildman–Crippen MR) is 74.4 cm³/mol. The molecule has 1 aromatic rings. The minimum absolute atomic E-state index is 0.390. The zero-order valence-corrected chi connectivity index (χ0v) is 11.1. The summed E-state index contributed by atoms with van der Waals surface area (Å²) in [5, 5.41) is 0. The highest BCUT2D eigenvalue weighted by atomic mass is 15.1. The van der Waals surface area contributed by atoms with Gasteiger partial charge in [-0.25, -0.2) is 0 Å². The molecule has 0 amide bonds. The van der Waals surface area contributed by atoms with Crippen LogP contribution >= 0.6 is 0 Å². The summed E-state index contributed by atoms with van der Waals surface area (Å²) < 4.78 is 0. The van der Waals surface area contributed by atoms with Crippen molar-refractivity contribution in [2.24, 2.45) is 11.1 Å². The number of nitrogens with two attached hydrogens (primary N) is 1. The van der Waals surface area contributed by atoms with Gasteiger partial charge in [-0.1, -0.05) is 24.1 Å². The Kier molecular flexibility index (Phi) is 3.72. The van der Waals surface area contributed by atoms with Crippen LogP contribution in [0.4, 0.5) is 5.69 Å². The molecule has 94 valence electrons. The second-order valence-corrected chi connectivity index (χ2v) is 5.41. The molecule has 0 spiro atoms. The highest BCUT2D eigenvalue weighted by molar-refractivity contribution is 5.47. The highest BCUT2D eigenvalue weighted by Crippen LogP contribution is 2.41. The van der Waals surface area contributed by atoms with Gasteiger partial charge in [0.05, 0.1) is 0 Å². The van der Waals surface area contributed by atoms with Crippen molar-refractivity contribution in [2.75, 3.05) is 24.5 Å². The molecule has 1 aliphatic carbocycles. The molecule has 1 aromatic carbocycles. The van der Waals surface area contributed by atoms with E-state index in [0.717, 1.165) is 19.6 Å². The molecule has 0 aromatic heterocycles. The van der Waals surface area contributed by atoms with Crippen LogP contribution in [-0.4, -0.2) is 19.6 Å². The first-order chi connectivity index (χ1) is 8.19. The second-order valence-electron chi connectivity index (χ2n) is 5.41. The van der Waals surface area contributed by atoms with Gasteiger partial charge in [-0.3, -0.25) is 0 Å². The number of nitrogens with zero attached hydrogens (tertiary/aromatic N) is 1. The molecule has 0 bridgehead atoms. The quantitative estimate of drug-likeness (QED) is 0.845. The summed E-state index contributed by atoms with van der Waals surface area (Å²) >= 11 is 0. The molecular weight excluding hydrogens is 208 g/mol. The monoisotopic (exact) mass is 232 g/mol. The normalized spacial score (nSPS) is 17.6. The Morgan fingerprint density at radius 1 is 1.24 bits per heavy atom. The zero-order valence-electron chi connectivity index (χ0n) is 11.1. The van der Waals surface area contributed by atoms with Crippen LogP contribution in [0, 0.1) is 12.3 Å². The van der Waals surface area contributed by atoms with E-state index in [1.54, 1.807) is 0 Å². The first-order valence-corrected chi connectivity index (χ1v) is 6.71. The van der Waals surface area contributed by atoms with E-state index in [-0.39, 0.29) is 0 Å². The lowest BCUT2D eigenvalue weighted by molar-refractivity contribution is 0.152. The molecule has 0 heterocycles. The average molecular weight is 232 g/mol. The van der Waals surface area contributed by atoms with Crippen molar-refractivity contribution in [3.63, 3.8) is 0 Å². The van der Waals surface area contributed by atoms with Gasteiger partial charge in [0.25, 0.3) is 0 Å². The maximum absolute atomic E-state index is 5.95. The molecule has 2 rings (SSSR count). The van der Waals surface area contributed by atoms with E-state index in [2.05, 4.69) is 43.0 Å². The Labute approximate surface area is 105 Å². The Morgan fingerprint density at radius 2 is 1.88 bits per heavy atom. The van der Waals surface area contributed by atoms with E-state index in [4.69, 9.17) is 5.73 Å². The van der Waals surface area contributed by atoms with Gasteiger partial charge in [0, 0.05) is 24.2 Å². The smallest absolute Gasteiger partial charge is 0.0366 e. The first-order valence-electron chi connectivity index (χ1n) is 6.71. The number of hydrogen-bond donors (Lipinski definition) is 1. The summed E-state index contributed by atoms with van der Waals surface area (Å²) in [6.07, 6.45) is 3.94. The summed E-state index contributed by atoms with van der Waals surface area (Å²) in [6, 6.07) is 8.82. The van der Waals surface area contributed by atoms with Gasteiger partial charge in [-0.05, 0) is 45.4 Å². The van der Waals surface area contributed by atoms with Crippen LogP contribution in [0.15, 0.2) is 24.3 Å². The van der Waals surface area contributed by atoms with Crippen LogP contribution in [0.25, 0.3) is 0 Å². The van der Waals surface area contributed by atoms with Gasteiger partial charge in [0.1, 0.15) is 0 Å². The molecule has 2 nitrogen and oxygen atoms in total. The molecule has 0 radical (unpaired) electrons. The van der Waals surface area contributed by atoms with Crippen LogP contribution in [0.2, 0.25) is 0 Å². The largest absolute Gasteiger partial charge is 0.371 e. The van der Waals surface area contributed by atoms with Crippen LogP contribution in [-0.2, 0) is 0 Å². The van der Waals surface area contributed by atoms with Crippen LogP contribution in [0.3, 0.4) is 0 Å². The molecular formula is C15H24N2. The molecule has 1 saturated carbocycles. The Bertz CT molecular complexity index is 346. The van der Waals surface area contributed by atoms with Crippen molar-refractivity contribution >= 4 is 5.69 Å². The maximum atomic E-state index is 5.95. The van der Waals surface area contributed by atoms with E-state index < -0.39 is 0 Å². The number of anilines is 1. The summed E-state index contributed by atoms with van der Waals surface area (Å²) in [4.78, 5) is 2.46. The molecule has 1 aliphatic rings. The maximum Gasteiger partial charge on any atom is 0.0366 e. The lowest BCUT2D eigenvalue weighted by atomic mass is 9.68. The zero-order chi connectivity index (χ0) is 12.3. The van der Waals surface area contributed by atoms with E-state index in [0.29, 0.717) is 5.41 Å². The lowest BCUT2D eigenvalue weighted by Gasteiger charge is -2.45. The SMILES string of the molecule is CCN(CC1(CN)CCC1)c1ccc(C)cc1. The number of rotatable bonds is 5. The molecule has 2 heteroatoms. The fourth-order valence-electron chi connectivity index (χ4n) is 2.65. The van der Waals surface area contributed by atoms with Gasteiger partial charge < -0.3 is 10.6 Å². The van der Waals surface area contributed by atoms with Gasteiger partial charge in [0.15, 0.2) is 0 Å². The molecule has 0 saturated heterocycles. The molecule has 2 N–H and O–H groups in total. The van der Waals surface area contributed by atoms with Crippen molar-refractivity contribution in [1.82, 2.24) is 0 Å². The second kappa shape index (κ2) is 5.09. The molecule has 0 atom stereocenters. The minimum Gasteiger partial charge on any atom is -0.371 e. The Morgan fingerprint density at radius 3 is 2.29 bits per heavy atom. The Hall–Kier alpha value is -1.02. The number of aryl methyl sites for hydroxylation is 1. The third kappa shape index (κ3) is 2.63. The molecule has 0 unspecified atom stereocenters. The summed E-state index contributed by atoms with van der Waals surface area (Å²) in [5.41, 5.74) is 8.99. The van der Waals surface area contributed by atoms with Crippen molar-refractivity contribution in [1.29, 1.82) is 0 Å².